The van der Waals surface area contributed by atoms with E-state index in [4.69, 9.17) is 9.47 Å². The van der Waals surface area contributed by atoms with Gasteiger partial charge in [-0.1, -0.05) is 0 Å². The van der Waals surface area contributed by atoms with Crippen LogP contribution in [-0.4, -0.2) is 29.1 Å². The molecule has 0 atom stereocenters. The van der Waals surface area contributed by atoms with Gasteiger partial charge in [0.2, 0.25) is 0 Å². The molecule has 1 aromatic heterocycles. The van der Waals surface area contributed by atoms with Crippen molar-refractivity contribution in [2.45, 2.75) is 27.7 Å². The Morgan fingerprint density at radius 2 is 1.63 bits per heavy atom. The number of benzene rings is 2. The maximum Gasteiger partial charge on any atom is 0.255 e. The zero-order chi connectivity index (χ0) is 19.4. The van der Waals surface area contributed by atoms with Gasteiger partial charge in [-0.3, -0.25) is 4.79 Å². The maximum absolute atomic E-state index is 12.8. The van der Waals surface area contributed by atoms with E-state index < -0.39 is 0 Å². The second kappa shape index (κ2) is 8.03. The van der Waals surface area contributed by atoms with Crippen LogP contribution in [0.1, 0.15) is 35.6 Å². The molecule has 6 nitrogen and oxygen atoms in total. The highest BCUT2D eigenvalue weighted by Crippen LogP contribution is 2.30. The summed E-state index contributed by atoms with van der Waals surface area (Å²) in [5.41, 5.74) is 4.27. The number of hydrogen-bond acceptors (Lipinski definition) is 5. The van der Waals surface area contributed by atoms with Crippen LogP contribution in [0.4, 0.5) is 5.69 Å². The largest absolute Gasteiger partial charge is 0.494 e. The van der Waals surface area contributed by atoms with Crippen molar-refractivity contribution in [1.29, 1.82) is 0 Å². The first-order valence-electron chi connectivity index (χ1n) is 8.97. The van der Waals surface area contributed by atoms with E-state index in [1.165, 1.54) is 0 Å². The van der Waals surface area contributed by atoms with Crippen molar-refractivity contribution in [3.05, 3.63) is 53.3 Å². The molecular weight excluding hydrogens is 342 g/mol. The fourth-order valence-corrected chi connectivity index (χ4v) is 2.71. The summed E-state index contributed by atoms with van der Waals surface area (Å²) in [6, 6.07) is 10.7. The molecule has 0 radical (unpaired) electrons. The summed E-state index contributed by atoms with van der Waals surface area (Å²) in [6.45, 7) is 8.68. The number of hydrogen-bond donors (Lipinski definition) is 1. The fourth-order valence-electron chi connectivity index (χ4n) is 2.71. The fraction of sp³-hybridized carbons (Fsp3) is 0.286. The molecule has 1 N–H and O–H groups in total. The number of nitrogens with zero attached hydrogens (tertiary/aromatic N) is 2. The third-order valence-corrected chi connectivity index (χ3v) is 4.15. The molecule has 27 heavy (non-hydrogen) atoms. The number of carbonyl (C=O) groups is 1. The quantitative estimate of drug-likeness (QED) is 0.705. The van der Waals surface area contributed by atoms with Crippen LogP contribution in [-0.2, 0) is 0 Å². The molecule has 0 aliphatic carbocycles. The molecule has 6 heteroatoms. The molecule has 1 amide bonds. The summed E-state index contributed by atoms with van der Waals surface area (Å²) in [6.07, 6.45) is 0. The minimum Gasteiger partial charge on any atom is -0.494 e. The molecule has 0 aliphatic heterocycles. The van der Waals surface area contributed by atoms with Crippen molar-refractivity contribution in [1.82, 2.24) is 9.97 Å². The number of fused-ring (bicyclic) bond motifs is 1. The van der Waals surface area contributed by atoms with Crippen molar-refractivity contribution in [2.75, 3.05) is 18.5 Å². The molecule has 0 fully saturated rings. The Hall–Kier alpha value is -3.15. The van der Waals surface area contributed by atoms with Gasteiger partial charge in [0.1, 0.15) is 11.5 Å². The van der Waals surface area contributed by atoms with E-state index >= 15 is 0 Å². The Morgan fingerprint density at radius 1 is 0.926 bits per heavy atom. The van der Waals surface area contributed by atoms with Crippen molar-refractivity contribution < 1.29 is 14.3 Å². The molecule has 0 saturated heterocycles. The van der Waals surface area contributed by atoms with Gasteiger partial charge in [0.25, 0.3) is 5.91 Å². The number of carbonyl (C=O) groups excluding carboxylic acids is 1. The lowest BCUT2D eigenvalue weighted by atomic mass is 10.1. The second-order valence-corrected chi connectivity index (χ2v) is 6.08. The summed E-state index contributed by atoms with van der Waals surface area (Å²) in [5, 5.41) is 2.91. The minimum atomic E-state index is -0.244. The Morgan fingerprint density at radius 3 is 2.33 bits per heavy atom. The van der Waals surface area contributed by atoms with E-state index in [0.29, 0.717) is 41.5 Å². The SMILES string of the molecule is CCOc1ccc(OCC)c(NC(=O)c2ccc3nc(C)c(C)nc3c2)c1. The van der Waals surface area contributed by atoms with E-state index in [2.05, 4.69) is 15.3 Å². The van der Waals surface area contributed by atoms with Gasteiger partial charge in [0, 0.05) is 11.6 Å². The zero-order valence-electron chi connectivity index (χ0n) is 16.0. The van der Waals surface area contributed by atoms with E-state index in [0.717, 1.165) is 16.9 Å². The smallest absolute Gasteiger partial charge is 0.255 e. The van der Waals surface area contributed by atoms with Gasteiger partial charge in [-0.2, -0.15) is 0 Å². The molecule has 2 aromatic carbocycles. The van der Waals surface area contributed by atoms with Gasteiger partial charge in [0.15, 0.2) is 0 Å². The number of aryl methyl sites for hydroxylation is 2. The van der Waals surface area contributed by atoms with Crippen LogP contribution < -0.4 is 14.8 Å². The summed E-state index contributed by atoms with van der Waals surface area (Å²) in [4.78, 5) is 21.8. The summed E-state index contributed by atoms with van der Waals surface area (Å²) < 4.78 is 11.1. The van der Waals surface area contributed by atoms with Crippen molar-refractivity contribution in [3.63, 3.8) is 0 Å². The summed E-state index contributed by atoms with van der Waals surface area (Å²) >= 11 is 0. The van der Waals surface area contributed by atoms with Gasteiger partial charge >= 0.3 is 0 Å². The van der Waals surface area contributed by atoms with Crippen LogP contribution in [0, 0.1) is 13.8 Å². The molecule has 3 rings (SSSR count). The van der Waals surface area contributed by atoms with E-state index in [1.807, 2.05) is 39.8 Å². The molecule has 0 unspecified atom stereocenters. The normalized spacial score (nSPS) is 10.7. The van der Waals surface area contributed by atoms with E-state index in [9.17, 15) is 4.79 Å². The highest BCUT2D eigenvalue weighted by Gasteiger charge is 2.13. The molecule has 0 saturated carbocycles. The third-order valence-electron chi connectivity index (χ3n) is 4.15. The molecule has 140 valence electrons. The standard InChI is InChI=1S/C21H23N3O3/c1-5-26-16-8-10-20(27-6-2)19(12-16)24-21(25)15-7-9-17-18(11-15)23-14(4)13(3)22-17/h7-12H,5-6H2,1-4H3,(H,24,25). The average molecular weight is 365 g/mol. The van der Waals surface area contributed by atoms with Gasteiger partial charge < -0.3 is 14.8 Å². The van der Waals surface area contributed by atoms with Crippen molar-refractivity contribution >= 4 is 22.6 Å². The van der Waals surface area contributed by atoms with Crippen LogP contribution in [0.15, 0.2) is 36.4 Å². The van der Waals surface area contributed by atoms with Gasteiger partial charge in [0.05, 0.1) is 41.3 Å². The number of nitrogens with one attached hydrogen (secondary N) is 1. The number of ether oxygens (including phenoxy) is 2. The molecule has 0 bridgehead atoms. The van der Waals surface area contributed by atoms with Gasteiger partial charge in [-0.15, -0.1) is 0 Å². The predicted molar refractivity (Wildman–Crippen MR) is 106 cm³/mol. The minimum absolute atomic E-state index is 0.244. The Kier molecular flexibility index (Phi) is 5.54. The van der Waals surface area contributed by atoms with Crippen molar-refractivity contribution in [2.24, 2.45) is 0 Å². The monoisotopic (exact) mass is 365 g/mol. The number of rotatable bonds is 6. The average Bonchev–Trinajstić information content (AvgIpc) is 2.65. The van der Waals surface area contributed by atoms with Gasteiger partial charge in [-0.05, 0) is 58.0 Å². The molecule has 1 heterocycles. The summed E-state index contributed by atoms with van der Waals surface area (Å²) in [7, 11) is 0. The summed E-state index contributed by atoms with van der Waals surface area (Å²) in [5.74, 6) is 1.03. The first kappa shape index (κ1) is 18.6. The first-order valence-corrected chi connectivity index (χ1v) is 8.97. The first-order chi connectivity index (χ1) is 13.0. The number of anilines is 1. The Labute approximate surface area is 158 Å². The highest BCUT2D eigenvalue weighted by atomic mass is 16.5. The van der Waals surface area contributed by atoms with Crippen LogP contribution >= 0.6 is 0 Å². The predicted octanol–water partition coefficient (Wildman–Crippen LogP) is 4.30. The van der Waals surface area contributed by atoms with Gasteiger partial charge in [-0.25, -0.2) is 9.97 Å². The molecule has 0 spiro atoms. The lowest BCUT2D eigenvalue weighted by molar-refractivity contribution is 0.102. The van der Waals surface area contributed by atoms with Crippen LogP contribution in [0.2, 0.25) is 0 Å². The number of aromatic nitrogens is 2. The van der Waals surface area contributed by atoms with Crippen molar-refractivity contribution in [3.8, 4) is 11.5 Å². The number of amides is 1. The lowest BCUT2D eigenvalue weighted by Gasteiger charge is -2.14. The highest BCUT2D eigenvalue weighted by molar-refractivity contribution is 6.06. The lowest BCUT2D eigenvalue weighted by Crippen LogP contribution is -2.13. The van der Waals surface area contributed by atoms with Crippen LogP contribution in [0.5, 0.6) is 11.5 Å². The Balaban J connectivity index is 1.91. The molecule has 0 aliphatic rings. The van der Waals surface area contributed by atoms with Crippen LogP contribution in [0.3, 0.4) is 0 Å². The van der Waals surface area contributed by atoms with E-state index in [-0.39, 0.29) is 5.91 Å². The Bertz CT molecular complexity index is 986. The second-order valence-electron chi connectivity index (χ2n) is 6.08. The van der Waals surface area contributed by atoms with E-state index in [1.54, 1.807) is 24.3 Å². The molecule has 3 aromatic rings. The maximum atomic E-state index is 12.8. The zero-order valence-corrected chi connectivity index (χ0v) is 16.0. The third kappa shape index (κ3) is 4.16. The topological polar surface area (TPSA) is 73.3 Å². The van der Waals surface area contributed by atoms with Crippen LogP contribution in [0.25, 0.3) is 11.0 Å². The molecular formula is C21H23N3O3.